The van der Waals surface area contributed by atoms with Gasteiger partial charge < -0.3 is 9.30 Å². The lowest BCUT2D eigenvalue weighted by atomic mass is 10.1. The van der Waals surface area contributed by atoms with Crippen molar-refractivity contribution in [2.45, 2.75) is 13.8 Å². The number of nitrogens with zero attached hydrogens (tertiary/aromatic N) is 2. The normalized spacial score (nSPS) is 11.0. The third-order valence-electron chi connectivity index (χ3n) is 4.70. The van der Waals surface area contributed by atoms with E-state index in [-0.39, 0.29) is 18.2 Å². The molecule has 2 aromatic heterocycles. The molecule has 0 saturated heterocycles. The number of Topliss-reactive ketones (excluding diaryl/α,β-unsaturated/α-hetero) is 1. The largest absolute Gasteiger partial charge is 0.454 e. The number of benzene rings is 2. The van der Waals surface area contributed by atoms with Crippen LogP contribution in [0.5, 0.6) is 0 Å². The van der Waals surface area contributed by atoms with Crippen LogP contribution in [0.4, 0.5) is 4.39 Å². The van der Waals surface area contributed by atoms with Crippen molar-refractivity contribution in [1.82, 2.24) is 9.55 Å². The summed E-state index contributed by atoms with van der Waals surface area (Å²) in [4.78, 5) is 29.2. The first-order valence-electron chi connectivity index (χ1n) is 8.92. The maximum absolute atomic E-state index is 13.6. The molecule has 0 bridgehead atoms. The van der Waals surface area contributed by atoms with Crippen LogP contribution in [0.25, 0.3) is 15.9 Å². The highest BCUT2D eigenvalue weighted by atomic mass is 32.1. The van der Waals surface area contributed by atoms with Crippen LogP contribution in [0, 0.1) is 19.7 Å². The number of halogens is 1. The van der Waals surface area contributed by atoms with Crippen LogP contribution in [0.15, 0.2) is 54.0 Å². The average molecular weight is 408 g/mol. The van der Waals surface area contributed by atoms with Gasteiger partial charge in [0.15, 0.2) is 6.61 Å². The van der Waals surface area contributed by atoms with Gasteiger partial charge in [0.2, 0.25) is 5.78 Å². The summed E-state index contributed by atoms with van der Waals surface area (Å²) in [7, 11) is 0. The molecule has 146 valence electrons. The van der Waals surface area contributed by atoms with Crippen molar-refractivity contribution >= 4 is 33.3 Å². The minimum atomic E-state index is -0.562. The zero-order chi connectivity index (χ0) is 20.5. The predicted molar refractivity (Wildman–Crippen MR) is 109 cm³/mol. The fourth-order valence-corrected chi connectivity index (χ4v) is 4.05. The van der Waals surface area contributed by atoms with Gasteiger partial charge in [0.1, 0.15) is 5.82 Å². The number of fused-ring (bicyclic) bond motifs is 1. The van der Waals surface area contributed by atoms with Crippen molar-refractivity contribution in [3.63, 3.8) is 0 Å². The number of esters is 1. The Kier molecular flexibility index (Phi) is 4.98. The van der Waals surface area contributed by atoms with Crippen molar-refractivity contribution in [3.8, 4) is 5.69 Å². The lowest BCUT2D eigenvalue weighted by molar-refractivity contribution is 0.0474. The Balaban J connectivity index is 1.51. The number of aryl methyl sites for hydroxylation is 1. The second kappa shape index (κ2) is 7.60. The molecule has 0 amide bonds. The SMILES string of the molecule is Cc1cc(C(=O)COC(=O)c2ccc3ncsc3c2)c(C)n1-c1cccc(F)c1. The molecule has 0 aliphatic heterocycles. The summed E-state index contributed by atoms with van der Waals surface area (Å²) in [6.07, 6.45) is 0. The monoisotopic (exact) mass is 408 g/mol. The minimum absolute atomic E-state index is 0.312. The van der Waals surface area contributed by atoms with Crippen LogP contribution in [-0.2, 0) is 4.74 Å². The van der Waals surface area contributed by atoms with Gasteiger partial charge >= 0.3 is 5.97 Å². The number of carbonyl (C=O) groups is 2. The number of ketones is 1. The highest BCUT2D eigenvalue weighted by Crippen LogP contribution is 2.23. The number of rotatable bonds is 5. The third-order valence-corrected chi connectivity index (χ3v) is 5.49. The Morgan fingerprint density at radius 3 is 2.76 bits per heavy atom. The van der Waals surface area contributed by atoms with Crippen LogP contribution >= 0.6 is 11.3 Å². The van der Waals surface area contributed by atoms with Crippen LogP contribution in [0.3, 0.4) is 0 Å². The molecule has 0 N–H and O–H groups in total. The predicted octanol–water partition coefficient (Wildman–Crippen LogP) is 4.88. The van der Waals surface area contributed by atoms with E-state index in [1.165, 1.54) is 23.5 Å². The highest BCUT2D eigenvalue weighted by Gasteiger charge is 2.19. The first kappa shape index (κ1) is 19.0. The fraction of sp³-hybridized carbons (Fsp3) is 0.136. The van der Waals surface area contributed by atoms with E-state index in [4.69, 9.17) is 4.74 Å². The third kappa shape index (κ3) is 3.69. The Morgan fingerprint density at radius 2 is 1.97 bits per heavy atom. The van der Waals surface area contributed by atoms with Gasteiger partial charge in [-0.3, -0.25) is 4.79 Å². The van der Waals surface area contributed by atoms with E-state index >= 15 is 0 Å². The molecule has 0 atom stereocenters. The summed E-state index contributed by atoms with van der Waals surface area (Å²) in [5, 5.41) is 0. The number of hydrogen-bond donors (Lipinski definition) is 0. The van der Waals surface area contributed by atoms with E-state index in [0.29, 0.717) is 22.5 Å². The molecule has 5 nitrogen and oxygen atoms in total. The van der Waals surface area contributed by atoms with Gasteiger partial charge in [0.05, 0.1) is 21.3 Å². The summed E-state index contributed by atoms with van der Waals surface area (Å²) in [5.41, 5.74) is 5.43. The zero-order valence-corrected chi connectivity index (χ0v) is 16.6. The van der Waals surface area contributed by atoms with E-state index in [1.54, 1.807) is 53.4 Å². The van der Waals surface area contributed by atoms with E-state index in [9.17, 15) is 14.0 Å². The summed E-state index contributed by atoms with van der Waals surface area (Å²) in [6, 6.07) is 13.0. The maximum Gasteiger partial charge on any atom is 0.338 e. The molecule has 4 aromatic rings. The number of carbonyl (C=O) groups excluding carboxylic acids is 2. The van der Waals surface area contributed by atoms with Gasteiger partial charge in [-0.15, -0.1) is 11.3 Å². The van der Waals surface area contributed by atoms with E-state index in [1.807, 2.05) is 6.92 Å². The van der Waals surface area contributed by atoms with Gasteiger partial charge in [-0.25, -0.2) is 14.2 Å². The summed E-state index contributed by atoms with van der Waals surface area (Å²) in [6.45, 7) is 3.25. The smallest absolute Gasteiger partial charge is 0.338 e. The summed E-state index contributed by atoms with van der Waals surface area (Å²) >= 11 is 1.43. The first-order chi connectivity index (χ1) is 13.9. The molecule has 2 aromatic carbocycles. The van der Waals surface area contributed by atoms with Crippen molar-refractivity contribution < 1.29 is 18.7 Å². The highest BCUT2D eigenvalue weighted by molar-refractivity contribution is 7.16. The first-order valence-corrected chi connectivity index (χ1v) is 9.80. The molecule has 0 fully saturated rings. The average Bonchev–Trinajstić information content (AvgIpc) is 3.29. The molecule has 7 heteroatoms. The number of thiazole rings is 1. The number of ether oxygens (including phenoxy) is 1. The number of aromatic nitrogens is 2. The van der Waals surface area contributed by atoms with E-state index in [2.05, 4.69) is 4.98 Å². The molecule has 0 saturated carbocycles. The Hall–Kier alpha value is -3.32. The van der Waals surface area contributed by atoms with Crippen molar-refractivity contribution in [3.05, 3.63) is 82.4 Å². The molecular formula is C22H17FN2O3S. The molecule has 0 radical (unpaired) electrons. The van der Waals surface area contributed by atoms with Crippen LogP contribution in [0.2, 0.25) is 0 Å². The molecule has 0 aliphatic rings. The van der Waals surface area contributed by atoms with Gasteiger partial charge in [-0.05, 0) is 56.3 Å². The van der Waals surface area contributed by atoms with Gasteiger partial charge in [0, 0.05) is 22.6 Å². The lowest BCUT2D eigenvalue weighted by Crippen LogP contribution is -2.15. The van der Waals surface area contributed by atoms with Gasteiger partial charge in [0.25, 0.3) is 0 Å². The quantitative estimate of drug-likeness (QED) is 0.349. The molecule has 0 spiro atoms. The maximum atomic E-state index is 13.6. The van der Waals surface area contributed by atoms with E-state index in [0.717, 1.165) is 15.9 Å². The second-order valence-electron chi connectivity index (χ2n) is 6.63. The van der Waals surface area contributed by atoms with Crippen molar-refractivity contribution in [1.29, 1.82) is 0 Å². The Labute approximate surface area is 170 Å². The number of hydrogen-bond acceptors (Lipinski definition) is 5. The van der Waals surface area contributed by atoms with Gasteiger partial charge in [-0.2, -0.15) is 0 Å². The van der Waals surface area contributed by atoms with E-state index < -0.39 is 5.97 Å². The van der Waals surface area contributed by atoms with Crippen LogP contribution in [0.1, 0.15) is 32.1 Å². The minimum Gasteiger partial charge on any atom is -0.454 e. The van der Waals surface area contributed by atoms with Crippen LogP contribution in [-0.4, -0.2) is 27.9 Å². The lowest BCUT2D eigenvalue weighted by Gasteiger charge is -2.10. The van der Waals surface area contributed by atoms with Crippen molar-refractivity contribution in [2.24, 2.45) is 0 Å². The molecule has 29 heavy (non-hydrogen) atoms. The second-order valence-corrected chi connectivity index (χ2v) is 7.52. The molecule has 0 aliphatic carbocycles. The molecule has 2 heterocycles. The fourth-order valence-electron chi connectivity index (χ4n) is 3.33. The summed E-state index contributed by atoms with van der Waals surface area (Å²) < 4.78 is 21.5. The molecule has 0 unspecified atom stereocenters. The van der Waals surface area contributed by atoms with Gasteiger partial charge in [-0.1, -0.05) is 6.07 Å². The Morgan fingerprint density at radius 1 is 1.14 bits per heavy atom. The molecular weight excluding hydrogens is 391 g/mol. The zero-order valence-electron chi connectivity index (χ0n) is 15.8. The Bertz CT molecular complexity index is 1240. The van der Waals surface area contributed by atoms with Crippen molar-refractivity contribution in [2.75, 3.05) is 6.61 Å². The topological polar surface area (TPSA) is 61.2 Å². The molecule has 4 rings (SSSR count). The van der Waals surface area contributed by atoms with Crippen LogP contribution < -0.4 is 0 Å². The summed E-state index contributed by atoms with van der Waals surface area (Å²) in [5.74, 6) is -1.23. The standard InChI is InChI=1S/C22H17FN2O3S/c1-13-8-18(14(2)25(13)17-5-3-4-16(23)10-17)20(26)11-28-22(27)15-6-7-19-21(9-15)29-12-24-19/h3-10,12H,11H2,1-2H3.